The maximum atomic E-state index is 12.9. The van der Waals surface area contributed by atoms with Crippen LogP contribution < -0.4 is 20.1 Å². The van der Waals surface area contributed by atoms with E-state index in [0.717, 1.165) is 0 Å². The number of fused-ring (bicyclic) bond motifs is 1. The quantitative estimate of drug-likeness (QED) is 0.464. The Labute approximate surface area is 199 Å². The van der Waals surface area contributed by atoms with Gasteiger partial charge in [0, 0.05) is 24.2 Å². The Bertz CT molecular complexity index is 1150. The molecule has 0 bridgehead atoms. The number of nitrogens with zero attached hydrogens (tertiary/aromatic N) is 4. The predicted octanol–water partition coefficient (Wildman–Crippen LogP) is 3.25. The highest BCUT2D eigenvalue weighted by Crippen LogP contribution is 2.33. The van der Waals surface area contributed by atoms with Gasteiger partial charge >= 0.3 is 0 Å². The number of carbonyl (C=O) groups is 2. The second-order valence-corrected chi connectivity index (χ2v) is 9.95. The molecule has 2 aromatic heterocycles. The summed E-state index contributed by atoms with van der Waals surface area (Å²) in [5, 5.41) is 16.9. The van der Waals surface area contributed by atoms with E-state index in [-0.39, 0.29) is 30.6 Å². The highest BCUT2D eigenvalue weighted by molar-refractivity contribution is 8.00. The average molecular weight is 489 g/mol. The van der Waals surface area contributed by atoms with Gasteiger partial charge in [-0.2, -0.15) is 0 Å². The molecule has 3 heterocycles. The van der Waals surface area contributed by atoms with Gasteiger partial charge < -0.3 is 24.7 Å². The van der Waals surface area contributed by atoms with Crippen LogP contribution in [0.2, 0.25) is 0 Å². The Hall–Kier alpha value is -3.12. The van der Waals surface area contributed by atoms with E-state index in [2.05, 4.69) is 25.8 Å². The van der Waals surface area contributed by atoms with Gasteiger partial charge in [-0.05, 0) is 31.0 Å². The Morgan fingerprint density at radius 1 is 1.18 bits per heavy atom. The van der Waals surface area contributed by atoms with Crippen molar-refractivity contribution in [3.8, 4) is 11.5 Å². The van der Waals surface area contributed by atoms with Crippen molar-refractivity contribution < 1.29 is 19.1 Å². The molecular weight excluding hydrogens is 464 g/mol. The van der Waals surface area contributed by atoms with Gasteiger partial charge in [0.15, 0.2) is 27.6 Å². The topological polar surface area (TPSA) is 120 Å². The molecule has 0 saturated carbocycles. The van der Waals surface area contributed by atoms with Crippen LogP contribution in [0.5, 0.6) is 11.5 Å². The molecule has 0 spiro atoms. The molecule has 2 atom stereocenters. The Morgan fingerprint density at radius 2 is 1.97 bits per heavy atom. The predicted molar refractivity (Wildman–Crippen MR) is 125 cm³/mol. The Balaban J connectivity index is 1.46. The van der Waals surface area contributed by atoms with Gasteiger partial charge in [0.25, 0.3) is 5.91 Å². The molecule has 12 heteroatoms. The lowest BCUT2D eigenvalue weighted by atomic mass is 10.0. The molecule has 2 amide bonds. The van der Waals surface area contributed by atoms with Gasteiger partial charge in [-0.1, -0.05) is 25.6 Å². The lowest BCUT2D eigenvalue weighted by Gasteiger charge is -2.22. The van der Waals surface area contributed by atoms with E-state index in [9.17, 15) is 9.59 Å². The molecule has 1 aromatic carbocycles. The number of thioether (sulfide) groups is 1. The number of thiazole rings is 1. The number of rotatable bonds is 8. The number of nitrogens with one attached hydrogen (secondary N) is 2. The van der Waals surface area contributed by atoms with Gasteiger partial charge in [-0.25, -0.2) is 4.98 Å². The number of amides is 2. The third-order valence-corrected chi connectivity index (χ3v) is 6.87. The molecule has 0 saturated heterocycles. The summed E-state index contributed by atoms with van der Waals surface area (Å²) in [6, 6.07) is 4.70. The summed E-state index contributed by atoms with van der Waals surface area (Å²) in [7, 11) is 1.82. The first kappa shape index (κ1) is 23.1. The zero-order valence-corrected chi connectivity index (χ0v) is 20.2. The van der Waals surface area contributed by atoms with Gasteiger partial charge in [-0.3, -0.25) is 9.59 Å². The lowest BCUT2D eigenvalue weighted by molar-refractivity contribution is -0.115. The van der Waals surface area contributed by atoms with Gasteiger partial charge in [-0.15, -0.1) is 21.5 Å². The standard InChI is InChI=1S/C21H24N6O4S2/c1-11(2)16(23-19(29)13-5-6-14-15(9-13)31-10-30-14)17-25-26-21(27(17)4)33-12(3)18(28)24-20-22-7-8-32-20/h5-9,11-12,16H,10H2,1-4H3,(H,23,29)(H,22,24,28)/t12-,16+/m0/s1. The molecule has 1 aliphatic rings. The fourth-order valence-electron chi connectivity index (χ4n) is 3.20. The molecule has 10 nitrogen and oxygen atoms in total. The molecule has 3 aromatic rings. The zero-order valence-electron chi connectivity index (χ0n) is 18.6. The minimum Gasteiger partial charge on any atom is -0.454 e. The maximum absolute atomic E-state index is 12.9. The zero-order chi connectivity index (χ0) is 23.5. The second-order valence-electron chi connectivity index (χ2n) is 7.75. The van der Waals surface area contributed by atoms with E-state index in [4.69, 9.17) is 9.47 Å². The fraction of sp³-hybridized carbons (Fsp3) is 0.381. The number of benzene rings is 1. The van der Waals surface area contributed by atoms with Crippen LogP contribution in [0.1, 0.15) is 43.0 Å². The van der Waals surface area contributed by atoms with E-state index in [1.165, 1.54) is 23.1 Å². The largest absolute Gasteiger partial charge is 0.454 e. The molecule has 0 radical (unpaired) electrons. The first-order valence-corrected chi connectivity index (χ1v) is 12.1. The summed E-state index contributed by atoms with van der Waals surface area (Å²) in [6.45, 7) is 5.93. The van der Waals surface area contributed by atoms with Crippen molar-refractivity contribution in [2.75, 3.05) is 12.1 Å². The van der Waals surface area contributed by atoms with Gasteiger partial charge in [0.2, 0.25) is 12.7 Å². The summed E-state index contributed by atoms with van der Waals surface area (Å²) >= 11 is 2.65. The van der Waals surface area contributed by atoms with Crippen LogP contribution in [0.15, 0.2) is 34.9 Å². The molecule has 0 unspecified atom stereocenters. The van der Waals surface area contributed by atoms with Crippen molar-refractivity contribution in [2.45, 2.75) is 37.2 Å². The van der Waals surface area contributed by atoms with Crippen LogP contribution in [-0.2, 0) is 11.8 Å². The number of carbonyl (C=O) groups excluding carboxylic acids is 2. The highest BCUT2D eigenvalue weighted by Gasteiger charge is 2.27. The van der Waals surface area contributed by atoms with Crippen molar-refractivity contribution in [2.24, 2.45) is 13.0 Å². The smallest absolute Gasteiger partial charge is 0.252 e. The minimum absolute atomic E-state index is 0.0503. The number of anilines is 1. The van der Waals surface area contributed by atoms with E-state index in [1.807, 2.05) is 25.5 Å². The summed E-state index contributed by atoms with van der Waals surface area (Å²) in [5.41, 5.74) is 0.467. The summed E-state index contributed by atoms with van der Waals surface area (Å²) in [5.74, 6) is 1.40. The van der Waals surface area contributed by atoms with Crippen molar-refractivity contribution in [1.82, 2.24) is 25.1 Å². The van der Waals surface area contributed by atoms with E-state index < -0.39 is 5.25 Å². The van der Waals surface area contributed by atoms with E-state index >= 15 is 0 Å². The van der Waals surface area contributed by atoms with E-state index in [1.54, 1.807) is 36.7 Å². The summed E-state index contributed by atoms with van der Waals surface area (Å²) in [4.78, 5) is 29.5. The monoisotopic (exact) mass is 488 g/mol. The first-order chi connectivity index (χ1) is 15.8. The van der Waals surface area contributed by atoms with Crippen LogP contribution in [0.4, 0.5) is 5.13 Å². The molecular formula is C21H24N6O4S2. The van der Waals surface area contributed by atoms with Crippen LogP contribution in [0.25, 0.3) is 0 Å². The lowest BCUT2D eigenvalue weighted by Crippen LogP contribution is -2.33. The van der Waals surface area contributed by atoms with Crippen LogP contribution in [0, 0.1) is 5.92 Å². The third-order valence-electron chi connectivity index (χ3n) is 5.05. The summed E-state index contributed by atoms with van der Waals surface area (Å²) < 4.78 is 12.5. The average Bonchev–Trinajstić information content (AvgIpc) is 3.54. The van der Waals surface area contributed by atoms with Crippen LogP contribution in [-0.4, -0.2) is 43.6 Å². The number of ether oxygens (including phenoxy) is 2. The van der Waals surface area contributed by atoms with Crippen molar-refractivity contribution in [3.05, 3.63) is 41.2 Å². The minimum atomic E-state index is -0.412. The normalized spacial score (nSPS) is 14.2. The fourth-order valence-corrected chi connectivity index (χ4v) is 4.55. The molecule has 33 heavy (non-hydrogen) atoms. The van der Waals surface area contributed by atoms with E-state index in [0.29, 0.717) is 33.2 Å². The van der Waals surface area contributed by atoms with Gasteiger partial charge in [0.1, 0.15) is 0 Å². The first-order valence-electron chi connectivity index (χ1n) is 10.3. The molecule has 0 aliphatic carbocycles. The van der Waals surface area contributed by atoms with Crippen LogP contribution in [0.3, 0.4) is 0 Å². The molecule has 4 rings (SSSR count). The highest BCUT2D eigenvalue weighted by atomic mass is 32.2. The maximum Gasteiger partial charge on any atom is 0.252 e. The van der Waals surface area contributed by atoms with Crippen LogP contribution >= 0.6 is 23.1 Å². The Kier molecular flexibility index (Phi) is 6.84. The second kappa shape index (κ2) is 9.79. The number of aromatic nitrogens is 4. The molecule has 1 aliphatic heterocycles. The van der Waals surface area contributed by atoms with Crippen molar-refractivity contribution in [1.29, 1.82) is 0 Å². The Morgan fingerprint density at radius 3 is 2.70 bits per heavy atom. The van der Waals surface area contributed by atoms with Crippen molar-refractivity contribution >= 4 is 40.0 Å². The molecule has 2 N–H and O–H groups in total. The summed E-state index contributed by atoms with van der Waals surface area (Å²) in [6.07, 6.45) is 1.64. The van der Waals surface area contributed by atoms with Gasteiger partial charge in [0.05, 0.1) is 11.3 Å². The SMILES string of the molecule is CC(C)[C@@H](NC(=O)c1ccc2c(c1)OCO2)c1nnc(S[C@@H](C)C(=O)Nc2nccs2)n1C. The third kappa shape index (κ3) is 5.11. The molecule has 0 fully saturated rings. The molecule has 174 valence electrons. The number of hydrogen-bond donors (Lipinski definition) is 2. The van der Waals surface area contributed by atoms with Crippen molar-refractivity contribution in [3.63, 3.8) is 0 Å². The number of hydrogen-bond acceptors (Lipinski definition) is 9.